The maximum atomic E-state index is 5.44. The molecule has 1 heterocycles. The van der Waals surface area contributed by atoms with Crippen molar-refractivity contribution in [1.29, 1.82) is 0 Å². The summed E-state index contributed by atoms with van der Waals surface area (Å²) in [6.45, 7) is 8.62. The van der Waals surface area contributed by atoms with Gasteiger partial charge in [-0.3, -0.25) is 4.98 Å². The molecule has 0 saturated heterocycles. The number of aryl methyl sites for hydroxylation is 1. The second-order valence-corrected chi connectivity index (χ2v) is 5.45. The van der Waals surface area contributed by atoms with Crippen molar-refractivity contribution in [2.45, 2.75) is 33.1 Å². The summed E-state index contributed by atoms with van der Waals surface area (Å²) in [6.07, 6.45) is 0. The van der Waals surface area contributed by atoms with Crippen molar-refractivity contribution in [3.8, 4) is 5.75 Å². The van der Waals surface area contributed by atoms with Gasteiger partial charge in [0.15, 0.2) is 0 Å². The number of hydrogen-bond acceptors (Lipinski definition) is 2. The first-order chi connectivity index (χ1) is 7.91. The highest BCUT2D eigenvalue weighted by Gasteiger charge is 2.15. The van der Waals surface area contributed by atoms with Gasteiger partial charge in [0.05, 0.1) is 12.6 Å². The molecule has 2 nitrogen and oxygen atoms in total. The van der Waals surface area contributed by atoms with Crippen LogP contribution in [0.15, 0.2) is 24.3 Å². The van der Waals surface area contributed by atoms with Crippen LogP contribution in [-0.2, 0) is 5.41 Å². The van der Waals surface area contributed by atoms with Crippen molar-refractivity contribution in [3.63, 3.8) is 0 Å². The highest BCUT2D eigenvalue weighted by atomic mass is 16.5. The summed E-state index contributed by atoms with van der Waals surface area (Å²) in [5, 5.41) is 1.09. The van der Waals surface area contributed by atoms with Crippen LogP contribution in [0, 0.1) is 6.92 Å². The Bertz CT molecular complexity index is 553. The summed E-state index contributed by atoms with van der Waals surface area (Å²) in [6, 6.07) is 8.38. The van der Waals surface area contributed by atoms with Gasteiger partial charge < -0.3 is 4.74 Å². The normalized spacial score (nSPS) is 11.8. The number of methoxy groups -OCH3 is 1. The van der Waals surface area contributed by atoms with E-state index in [9.17, 15) is 0 Å². The third kappa shape index (κ3) is 2.26. The molecule has 17 heavy (non-hydrogen) atoms. The highest BCUT2D eigenvalue weighted by molar-refractivity contribution is 5.86. The molecule has 0 bridgehead atoms. The van der Waals surface area contributed by atoms with E-state index in [4.69, 9.17) is 4.74 Å². The van der Waals surface area contributed by atoms with Crippen molar-refractivity contribution in [1.82, 2.24) is 4.98 Å². The second-order valence-electron chi connectivity index (χ2n) is 5.45. The van der Waals surface area contributed by atoms with Crippen molar-refractivity contribution < 1.29 is 4.74 Å². The molecule has 0 atom stereocenters. The lowest BCUT2D eigenvalue weighted by atomic mass is 9.86. The zero-order valence-corrected chi connectivity index (χ0v) is 11.2. The summed E-state index contributed by atoms with van der Waals surface area (Å²) in [7, 11) is 1.71. The van der Waals surface area contributed by atoms with E-state index in [-0.39, 0.29) is 5.41 Å². The largest absolute Gasteiger partial charge is 0.496 e. The topological polar surface area (TPSA) is 22.1 Å². The molecular weight excluding hydrogens is 210 g/mol. The molecule has 2 rings (SSSR count). The van der Waals surface area contributed by atoms with Crippen LogP contribution < -0.4 is 4.74 Å². The second kappa shape index (κ2) is 4.02. The Hall–Kier alpha value is -1.57. The smallest absolute Gasteiger partial charge is 0.130 e. The first-order valence-electron chi connectivity index (χ1n) is 5.87. The number of benzene rings is 1. The SMILES string of the molecule is COc1cc(C)nc2ccc(C(C)(C)C)cc12. The van der Waals surface area contributed by atoms with Gasteiger partial charge in [-0.2, -0.15) is 0 Å². The zero-order chi connectivity index (χ0) is 12.6. The Morgan fingerprint density at radius 1 is 1.12 bits per heavy atom. The van der Waals surface area contributed by atoms with E-state index in [2.05, 4.69) is 44.0 Å². The van der Waals surface area contributed by atoms with Crippen molar-refractivity contribution >= 4 is 10.9 Å². The van der Waals surface area contributed by atoms with Crippen molar-refractivity contribution in [3.05, 3.63) is 35.5 Å². The fourth-order valence-electron chi connectivity index (χ4n) is 1.96. The molecule has 0 unspecified atom stereocenters. The van der Waals surface area contributed by atoms with Gasteiger partial charge in [-0.15, -0.1) is 0 Å². The van der Waals surface area contributed by atoms with Crippen molar-refractivity contribution in [2.75, 3.05) is 7.11 Å². The quantitative estimate of drug-likeness (QED) is 0.741. The Balaban J connectivity index is 2.72. The Morgan fingerprint density at radius 3 is 2.41 bits per heavy atom. The molecule has 0 aliphatic carbocycles. The first-order valence-corrected chi connectivity index (χ1v) is 5.87. The third-order valence-corrected chi connectivity index (χ3v) is 2.98. The summed E-state index contributed by atoms with van der Waals surface area (Å²) < 4.78 is 5.44. The van der Waals surface area contributed by atoms with Crippen LogP contribution in [0.25, 0.3) is 10.9 Å². The fraction of sp³-hybridized carbons (Fsp3) is 0.400. The molecule has 0 aliphatic rings. The van der Waals surface area contributed by atoms with Gasteiger partial charge in [-0.05, 0) is 30.0 Å². The Morgan fingerprint density at radius 2 is 1.82 bits per heavy atom. The van der Waals surface area contributed by atoms with Crippen LogP contribution in [0.3, 0.4) is 0 Å². The Labute approximate surface area is 103 Å². The minimum atomic E-state index is 0.143. The van der Waals surface area contributed by atoms with Gasteiger partial charge in [0.2, 0.25) is 0 Å². The molecule has 0 amide bonds. The highest BCUT2D eigenvalue weighted by Crippen LogP contribution is 2.30. The van der Waals surface area contributed by atoms with Crippen LogP contribution in [0.4, 0.5) is 0 Å². The van der Waals surface area contributed by atoms with Gasteiger partial charge in [0.1, 0.15) is 5.75 Å². The molecule has 1 aromatic carbocycles. The predicted octanol–water partition coefficient (Wildman–Crippen LogP) is 3.85. The standard InChI is InChI=1S/C15H19NO/c1-10-8-14(17-5)12-9-11(15(2,3)4)6-7-13(12)16-10/h6-9H,1-5H3. The number of rotatable bonds is 1. The first kappa shape index (κ1) is 11.9. The van der Waals surface area contributed by atoms with Crippen LogP contribution in [-0.4, -0.2) is 12.1 Å². The van der Waals surface area contributed by atoms with Crippen LogP contribution >= 0.6 is 0 Å². The minimum absolute atomic E-state index is 0.143. The number of hydrogen-bond donors (Lipinski definition) is 0. The maximum absolute atomic E-state index is 5.44. The van der Waals surface area contributed by atoms with Crippen molar-refractivity contribution in [2.24, 2.45) is 0 Å². The van der Waals surface area contributed by atoms with Gasteiger partial charge in [0, 0.05) is 17.1 Å². The van der Waals surface area contributed by atoms with E-state index in [0.717, 1.165) is 22.3 Å². The number of fused-ring (bicyclic) bond motifs is 1. The molecule has 0 aliphatic heterocycles. The van der Waals surface area contributed by atoms with E-state index in [1.165, 1.54) is 5.56 Å². The summed E-state index contributed by atoms with van der Waals surface area (Å²) in [4.78, 5) is 4.53. The van der Waals surface area contributed by atoms with Gasteiger partial charge in [-0.1, -0.05) is 26.8 Å². The molecule has 2 heteroatoms. The number of nitrogens with zero attached hydrogens (tertiary/aromatic N) is 1. The summed E-state index contributed by atoms with van der Waals surface area (Å²) in [5.74, 6) is 0.901. The molecule has 90 valence electrons. The number of pyridine rings is 1. The summed E-state index contributed by atoms with van der Waals surface area (Å²) in [5.41, 5.74) is 3.42. The lowest BCUT2D eigenvalue weighted by Crippen LogP contribution is -2.10. The molecule has 2 aromatic rings. The lowest BCUT2D eigenvalue weighted by molar-refractivity contribution is 0.419. The Kier molecular flexibility index (Phi) is 2.82. The maximum Gasteiger partial charge on any atom is 0.130 e. The monoisotopic (exact) mass is 229 g/mol. The predicted molar refractivity (Wildman–Crippen MR) is 71.7 cm³/mol. The van der Waals surface area contributed by atoms with Crippen LogP contribution in [0.2, 0.25) is 0 Å². The number of aromatic nitrogens is 1. The number of ether oxygens (including phenoxy) is 1. The lowest BCUT2D eigenvalue weighted by Gasteiger charge is -2.20. The van der Waals surface area contributed by atoms with E-state index < -0.39 is 0 Å². The third-order valence-electron chi connectivity index (χ3n) is 2.98. The minimum Gasteiger partial charge on any atom is -0.496 e. The molecule has 0 fully saturated rings. The van der Waals surface area contributed by atoms with E-state index >= 15 is 0 Å². The molecular formula is C15H19NO. The molecule has 0 radical (unpaired) electrons. The molecule has 0 N–H and O–H groups in total. The van der Waals surface area contributed by atoms with Gasteiger partial charge in [0.25, 0.3) is 0 Å². The van der Waals surface area contributed by atoms with E-state index in [0.29, 0.717) is 0 Å². The van der Waals surface area contributed by atoms with E-state index in [1.807, 2.05) is 13.0 Å². The fourth-order valence-corrected chi connectivity index (χ4v) is 1.96. The van der Waals surface area contributed by atoms with Crippen LogP contribution in [0.5, 0.6) is 5.75 Å². The molecule has 1 aromatic heterocycles. The zero-order valence-electron chi connectivity index (χ0n) is 11.2. The average molecular weight is 229 g/mol. The molecule has 0 saturated carbocycles. The summed E-state index contributed by atoms with van der Waals surface area (Å²) >= 11 is 0. The van der Waals surface area contributed by atoms with E-state index in [1.54, 1.807) is 7.11 Å². The van der Waals surface area contributed by atoms with Gasteiger partial charge >= 0.3 is 0 Å². The average Bonchev–Trinajstić information content (AvgIpc) is 2.25. The van der Waals surface area contributed by atoms with Gasteiger partial charge in [-0.25, -0.2) is 0 Å². The van der Waals surface area contributed by atoms with Crippen LogP contribution in [0.1, 0.15) is 32.0 Å². The molecule has 0 spiro atoms.